The van der Waals surface area contributed by atoms with Crippen LogP contribution in [-0.2, 0) is 6.18 Å². The van der Waals surface area contributed by atoms with Crippen LogP contribution in [0.15, 0.2) is 18.2 Å². The zero-order chi connectivity index (χ0) is 14.2. The Morgan fingerprint density at radius 1 is 1.32 bits per heavy atom. The minimum absolute atomic E-state index is 0.0106. The molecular weight excluding hydrogens is 259 g/mol. The molecule has 1 aromatic carbocycles. The van der Waals surface area contributed by atoms with Gasteiger partial charge in [-0.15, -0.1) is 0 Å². The van der Waals surface area contributed by atoms with Crippen LogP contribution in [0, 0.1) is 0 Å². The summed E-state index contributed by atoms with van der Waals surface area (Å²) in [4.78, 5) is 12.9. The molecule has 0 spiro atoms. The number of benzene rings is 1. The molecule has 1 aliphatic carbocycles. The van der Waals surface area contributed by atoms with Crippen molar-refractivity contribution in [2.45, 2.75) is 25.1 Å². The topological polar surface area (TPSA) is 29.5 Å². The average molecular weight is 273 g/mol. The molecule has 104 valence electrons. The van der Waals surface area contributed by atoms with Crippen molar-refractivity contribution in [1.29, 1.82) is 0 Å². The zero-order valence-electron chi connectivity index (χ0n) is 10.6. The van der Waals surface area contributed by atoms with Crippen molar-refractivity contribution in [2.24, 2.45) is 0 Å². The van der Waals surface area contributed by atoms with Gasteiger partial charge in [-0.2, -0.15) is 13.2 Å². The molecule has 19 heavy (non-hydrogen) atoms. The van der Waals surface area contributed by atoms with Crippen molar-refractivity contribution < 1.29 is 22.7 Å². The van der Waals surface area contributed by atoms with Gasteiger partial charge >= 0.3 is 6.18 Å². The van der Waals surface area contributed by atoms with Crippen LogP contribution in [0.1, 0.15) is 28.8 Å². The molecule has 2 rings (SSSR count). The second kappa shape index (κ2) is 4.75. The molecule has 0 atom stereocenters. The lowest BCUT2D eigenvalue weighted by atomic mass is 10.1. The molecule has 0 heterocycles. The van der Waals surface area contributed by atoms with Crippen LogP contribution < -0.4 is 4.74 Å². The highest BCUT2D eigenvalue weighted by Crippen LogP contribution is 2.36. The number of rotatable bonds is 3. The summed E-state index contributed by atoms with van der Waals surface area (Å²) in [6, 6.07) is 3.47. The molecule has 1 fully saturated rings. The van der Waals surface area contributed by atoms with Crippen molar-refractivity contribution in [3.8, 4) is 5.75 Å². The monoisotopic (exact) mass is 273 g/mol. The normalized spacial score (nSPS) is 15.2. The molecule has 6 heteroatoms. The number of ether oxygens (including phenoxy) is 1. The van der Waals surface area contributed by atoms with E-state index in [1.165, 1.54) is 26.2 Å². The van der Waals surface area contributed by atoms with E-state index in [1.807, 2.05) is 0 Å². The van der Waals surface area contributed by atoms with Crippen LogP contribution in [0.25, 0.3) is 0 Å². The molecule has 1 aromatic rings. The number of alkyl halides is 3. The maximum atomic E-state index is 13.0. The fourth-order valence-electron chi connectivity index (χ4n) is 1.64. The molecule has 1 saturated carbocycles. The largest absolute Gasteiger partial charge is 0.490 e. The number of halogens is 3. The van der Waals surface area contributed by atoms with Gasteiger partial charge in [0, 0.05) is 14.1 Å². The van der Waals surface area contributed by atoms with Crippen LogP contribution in [0.5, 0.6) is 5.75 Å². The van der Waals surface area contributed by atoms with E-state index in [-0.39, 0.29) is 17.4 Å². The summed E-state index contributed by atoms with van der Waals surface area (Å²) in [5, 5.41) is 0. The highest BCUT2D eigenvalue weighted by molar-refractivity contribution is 5.95. The average Bonchev–Trinajstić information content (AvgIpc) is 3.10. The van der Waals surface area contributed by atoms with Gasteiger partial charge in [-0.3, -0.25) is 4.79 Å². The first-order chi connectivity index (χ1) is 8.79. The van der Waals surface area contributed by atoms with E-state index >= 15 is 0 Å². The SMILES string of the molecule is CN(C)C(=O)c1ccc(OC2CC2)cc1C(F)(F)F. The summed E-state index contributed by atoms with van der Waals surface area (Å²) in [6.07, 6.45) is -2.85. The van der Waals surface area contributed by atoms with Crippen LogP contribution in [0.3, 0.4) is 0 Å². The van der Waals surface area contributed by atoms with E-state index in [4.69, 9.17) is 4.74 Å². The van der Waals surface area contributed by atoms with Crippen LogP contribution in [-0.4, -0.2) is 31.0 Å². The number of carbonyl (C=O) groups excluding carboxylic acids is 1. The minimum Gasteiger partial charge on any atom is -0.490 e. The zero-order valence-corrected chi connectivity index (χ0v) is 10.6. The van der Waals surface area contributed by atoms with Gasteiger partial charge in [0.2, 0.25) is 0 Å². The first kappa shape index (κ1) is 13.7. The van der Waals surface area contributed by atoms with Crippen LogP contribution >= 0.6 is 0 Å². The molecule has 1 aliphatic rings. The van der Waals surface area contributed by atoms with Crippen molar-refractivity contribution >= 4 is 5.91 Å². The number of hydrogen-bond donors (Lipinski definition) is 0. The number of hydrogen-bond acceptors (Lipinski definition) is 2. The number of nitrogens with zero attached hydrogens (tertiary/aromatic N) is 1. The standard InChI is InChI=1S/C13H14F3NO2/c1-17(2)12(18)10-6-5-9(19-8-3-4-8)7-11(10)13(14,15)16/h5-8H,3-4H2,1-2H3. The summed E-state index contributed by atoms with van der Waals surface area (Å²) in [6.45, 7) is 0. The molecule has 0 aromatic heterocycles. The number of amides is 1. The third-order valence-electron chi connectivity index (χ3n) is 2.76. The molecule has 0 aliphatic heterocycles. The van der Waals surface area contributed by atoms with Crippen LogP contribution in [0.2, 0.25) is 0 Å². The molecule has 0 saturated heterocycles. The predicted molar refractivity (Wildman–Crippen MR) is 63.1 cm³/mol. The fourth-order valence-corrected chi connectivity index (χ4v) is 1.64. The van der Waals surface area contributed by atoms with Gasteiger partial charge in [0.15, 0.2) is 0 Å². The Morgan fingerprint density at radius 2 is 1.95 bits per heavy atom. The predicted octanol–water partition coefficient (Wildman–Crippen LogP) is 2.95. The molecule has 1 amide bonds. The first-order valence-corrected chi connectivity index (χ1v) is 5.88. The summed E-state index contributed by atoms with van der Waals surface area (Å²) in [5.41, 5.74) is -1.31. The summed E-state index contributed by atoms with van der Waals surface area (Å²) >= 11 is 0. The Morgan fingerprint density at radius 3 is 2.42 bits per heavy atom. The van der Waals surface area contributed by atoms with Gasteiger partial charge in [0.1, 0.15) is 5.75 Å². The van der Waals surface area contributed by atoms with Gasteiger partial charge < -0.3 is 9.64 Å². The molecule has 0 unspecified atom stereocenters. The second-order valence-electron chi connectivity index (χ2n) is 4.72. The summed E-state index contributed by atoms with van der Waals surface area (Å²) in [7, 11) is 2.83. The van der Waals surface area contributed by atoms with Crippen LogP contribution in [0.4, 0.5) is 13.2 Å². The molecule has 0 radical (unpaired) electrons. The van der Waals surface area contributed by atoms with E-state index in [2.05, 4.69) is 0 Å². The third-order valence-corrected chi connectivity index (χ3v) is 2.76. The van der Waals surface area contributed by atoms with E-state index in [0.717, 1.165) is 23.8 Å². The summed E-state index contributed by atoms with van der Waals surface area (Å²) < 4.78 is 44.3. The highest BCUT2D eigenvalue weighted by Gasteiger charge is 2.36. The Hall–Kier alpha value is -1.72. The lowest BCUT2D eigenvalue weighted by molar-refractivity contribution is -0.138. The fraction of sp³-hybridized carbons (Fsp3) is 0.462. The van der Waals surface area contributed by atoms with Crippen molar-refractivity contribution in [3.05, 3.63) is 29.3 Å². The van der Waals surface area contributed by atoms with E-state index in [9.17, 15) is 18.0 Å². The second-order valence-corrected chi connectivity index (χ2v) is 4.72. The maximum absolute atomic E-state index is 13.0. The molecular formula is C13H14F3NO2. The summed E-state index contributed by atoms with van der Waals surface area (Å²) in [5.74, 6) is -0.518. The Labute approximate surface area is 109 Å². The lowest BCUT2D eigenvalue weighted by Crippen LogP contribution is -2.25. The third kappa shape index (κ3) is 3.19. The highest BCUT2D eigenvalue weighted by atomic mass is 19.4. The van der Waals surface area contributed by atoms with E-state index in [0.29, 0.717) is 0 Å². The van der Waals surface area contributed by atoms with E-state index < -0.39 is 17.6 Å². The van der Waals surface area contributed by atoms with Gasteiger partial charge in [-0.25, -0.2) is 0 Å². The Bertz CT molecular complexity index is 493. The molecule has 0 N–H and O–H groups in total. The van der Waals surface area contributed by atoms with Gasteiger partial charge in [-0.1, -0.05) is 0 Å². The maximum Gasteiger partial charge on any atom is 0.417 e. The lowest BCUT2D eigenvalue weighted by Gasteiger charge is -2.17. The van der Waals surface area contributed by atoms with Gasteiger partial charge in [-0.05, 0) is 31.0 Å². The minimum atomic E-state index is -4.58. The smallest absolute Gasteiger partial charge is 0.417 e. The molecule has 3 nitrogen and oxygen atoms in total. The Kier molecular flexibility index (Phi) is 3.43. The molecule has 0 bridgehead atoms. The first-order valence-electron chi connectivity index (χ1n) is 5.88. The van der Waals surface area contributed by atoms with Crippen molar-refractivity contribution in [2.75, 3.05) is 14.1 Å². The van der Waals surface area contributed by atoms with Crippen molar-refractivity contribution in [3.63, 3.8) is 0 Å². The van der Waals surface area contributed by atoms with Crippen molar-refractivity contribution in [1.82, 2.24) is 4.90 Å². The van der Waals surface area contributed by atoms with Gasteiger partial charge in [0.05, 0.1) is 17.2 Å². The van der Waals surface area contributed by atoms with E-state index in [1.54, 1.807) is 0 Å². The quantitative estimate of drug-likeness (QED) is 0.847. The van der Waals surface area contributed by atoms with Gasteiger partial charge in [0.25, 0.3) is 5.91 Å². The number of carbonyl (C=O) groups is 1. The Balaban J connectivity index is 2.39.